The molecule has 0 saturated heterocycles. The molecule has 82 valence electrons. The molecule has 1 atom stereocenters. The second-order valence-corrected chi connectivity index (χ2v) is 3.89. The number of hydrogen-bond acceptors (Lipinski definition) is 3. The van der Waals surface area contributed by atoms with Gasteiger partial charge in [-0.2, -0.15) is 0 Å². The highest BCUT2D eigenvalue weighted by molar-refractivity contribution is 5.77. The maximum atomic E-state index is 10.8. The van der Waals surface area contributed by atoms with Gasteiger partial charge in [0.25, 0.3) is 0 Å². The molecular weight excluding hydrogens is 194 g/mol. The fourth-order valence-corrected chi connectivity index (χ4v) is 1.12. The van der Waals surface area contributed by atoms with Crippen molar-refractivity contribution in [2.24, 2.45) is 0 Å². The molecule has 1 rings (SSSR count). The second kappa shape index (κ2) is 4.42. The summed E-state index contributed by atoms with van der Waals surface area (Å²) in [5.74, 6) is -1.00. The molecule has 1 aromatic rings. The first-order valence-corrected chi connectivity index (χ1v) is 4.67. The molecule has 0 aliphatic heterocycles. The van der Waals surface area contributed by atoms with Gasteiger partial charge in [-0.1, -0.05) is 30.3 Å². The van der Waals surface area contributed by atoms with Crippen LogP contribution in [0.4, 0.5) is 0 Å². The van der Waals surface area contributed by atoms with Gasteiger partial charge in [0.1, 0.15) is 11.8 Å². The SMILES string of the molecule is CC(C)(NC(O)c1ccccc1)C(=O)O. The molecule has 1 unspecified atom stereocenters. The molecule has 0 aromatic heterocycles. The van der Waals surface area contributed by atoms with E-state index in [9.17, 15) is 9.90 Å². The number of aliphatic carboxylic acids is 1. The number of aliphatic hydroxyl groups is 1. The minimum Gasteiger partial charge on any atom is -0.480 e. The summed E-state index contributed by atoms with van der Waals surface area (Å²) >= 11 is 0. The Kier molecular flexibility index (Phi) is 3.44. The van der Waals surface area contributed by atoms with Crippen molar-refractivity contribution in [3.8, 4) is 0 Å². The lowest BCUT2D eigenvalue weighted by Gasteiger charge is -2.25. The van der Waals surface area contributed by atoms with E-state index in [1.54, 1.807) is 24.3 Å². The zero-order chi connectivity index (χ0) is 11.5. The Morgan fingerprint density at radius 3 is 2.33 bits per heavy atom. The van der Waals surface area contributed by atoms with Crippen LogP contribution in [0, 0.1) is 0 Å². The molecule has 0 aliphatic carbocycles. The third-order valence-corrected chi connectivity index (χ3v) is 2.15. The highest BCUT2D eigenvalue weighted by atomic mass is 16.4. The Labute approximate surface area is 88.6 Å². The van der Waals surface area contributed by atoms with Crippen LogP contribution in [0.25, 0.3) is 0 Å². The van der Waals surface area contributed by atoms with E-state index in [1.807, 2.05) is 6.07 Å². The van der Waals surface area contributed by atoms with Gasteiger partial charge in [0, 0.05) is 0 Å². The number of aliphatic hydroxyl groups excluding tert-OH is 1. The highest BCUT2D eigenvalue weighted by Crippen LogP contribution is 2.13. The van der Waals surface area contributed by atoms with E-state index in [0.29, 0.717) is 5.56 Å². The number of nitrogens with one attached hydrogen (secondary N) is 1. The predicted molar refractivity (Wildman–Crippen MR) is 56.3 cm³/mol. The average molecular weight is 209 g/mol. The first-order valence-electron chi connectivity index (χ1n) is 4.67. The third kappa shape index (κ3) is 3.04. The maximum absolute atomic E-state index is 10.8. The van der Waals surface area contributed by atoms with Gasteiger partial charge in [0.05, 0.1) is 0 Å². The molecule has 0 amide bonds. The zero-order valence-electron chi connectivity index (χ0n) is 8.77. The van der Waals surface area contributed by atoms with Gasteiger partial charge in [-0.05, 0) is 19.4 Å². The highest BCUT2D eigenvalue weighted by Gasteiger charge is 2.29. The molecule has 0 aliphatic rings. The molecule has 0 heterocycles. The summed E-state index contributed by atoms with van der Waals surface area (Å²) in [5.41, 5.74) is -0.512. The van der Waals surface area contributed by atoms with Gasteiger partial charge < -0.3 is 10.2 Å². The molecule has 0 fully saturated rings. The topological polar surface area (TPSA) is 69.6 Å². The van der Waals surface area contributed by atoms with Crippen LogP contribution in [0.15, 0.2) is 30.3 Å². The molecule has 4 heteroatoms. The lowest BCUT2D eigenvalue weighted by atomic mass is 10.0. The lowest BCUT2D eigenvalue weighted by molar-refractivity contribution is -0.145. The summed E-state index contributed by atoms with van der Waals surface area (Å²) in [5, 5.41) is 21.2. The molecule has 3 N–H and O–H groups in total. The smallest absolute Gasteiger partial charge is 0.323 e. The number of hydrogen-bond donors (Lipinski definition) is 3. The predicted octanol–water partition coefficient (Wildman–Crippen LogP) is 1.13. The van der Waals surface area contributed by atoms with Crippen molar-refractivity contribution < 1.29 is 15.0 Å². The standard InChI is InChI=1S/C11H15NO3/c1-11(2,10(14)15)12-9(13)8-6-4-3-5-7-8/h3-7,9,12-13H,1-2H3,(H,14,15). The van der Waals surface area contributed by atoms with Crippen LogP contribution >= 0.6 is 0 Å². The average Bonchev–Trinajstić information content (AvgIpc) is 2.18. The van der Waals surface area contributed by atoms with Crippen LogP contribution in [0.5, 0.6) is 0 Å². The van der Waals surface area contributed by atoms with Crippen molar-refractivity contribution in [2.75, 3.05) is 0 Å². The summed E-state index contributed by atoms with van der Waals surface area (Å²) < 4.78 is 0. The zero-order valence-corrected chi connectivity index (χ0v) is 8.77. The minimum absolute atomic E-state index is 0.645. The van der Waals surface area contributed by atoms with Crippen LogP contribution in [0.1, 0.15) is 25.6 Å². The Morgan fingerprint density at radius 1 is 1.33 bits per heavy atom. The minimum atomic E-state index is -1.16. The molecule has 0 spiro atoms. The molecule has 4 nitrogen and oxygen atoms in total. The first kappa shape index (κ1) is 11.7. The van der Waals surface area contributed by atoms with Crippen molar-refractivity contribution in [3.05, 3.63) is 35.9 Å². The molecule has 0 radical (unpaired) electrons. The van der Waals surface area contributed by atoms with E-state index in [-0.39, 0.29) is 0 Å². The van der Waals surface area contributed by atoms with E-state index in [0.717, 1.165) is 0 Å². The largest absolute Gasteiger partial charge is 0.480 e. The Hall–Kier alpha value is -1.39. The summed E-state index contributed by atoms with van der Waals surface area (Å²) in [7, 11) is 0. The van der Waals surface area contributed by atoms with E-state index >= 15 is 0 Å². The van der Waals surface area contributed by atoms with E-state index < -0.39 is 17.7 Å². The van der Waals surface area contributed by atoms with Crippen molar-refractivity contribution >= 4 is 5.97 Å². The normalized spacial score (nSPS) is 13.5. The van der Waals surface area contributed by atoms with Crippen LogP contribution in [0.3, 0.4) is 0 Å². The lowest BCUT2D eigenvalue weighted by Crippen LogP contribution is -2.48. The van der Waals surface area contributed by atoms with Crippen molar-refractivity contribution in [1.82, 2.24) is 5.32 Å². The maximum Gasteiger partial charge on any atom is 0.323 e. The fourth-order valence-electron chi connectivity index (χ4n) is 1.12. The molecule has 1 aromatic carbocycles. The van der Waals surface area contributed by atoms with E-state index in [2.05, 4.69) is 5.32 Å². The number of carboxylic acids is 1. The molecule has 15 heavy (non-hydrogen) atoms. The number of carbonyl (C=O) groups is 1. The number of benzene rings is 1. The fraction of sp³-hybridized carbons (Fsp3) is 0.364. The Bertz CT molecular complexity index is 335. The molecule has 0 bridgehead atoms. The first-order chi connectivity index (χ1) is 6.93. The summed E-state index contributed by atoms with van der Waals surface area (Å²) in [6, 6.07) is 8.87. The third-order valence-electron chi connectivity index (χ3n) is 2.15. The van der Waals surface area contributed by atoms with Gasteiger partial charge in [-0.3, -0.25) is 10.1 Å². The monoisotopic (exact) mass is 209 g/mol. The summed E-state index contributed by atoms with van der Waals surface area (Å²) in [4.78, 5) is 10.8. The van der Waals surface area contributed by atoms with E-state index in [1.165, 1.54) is 13.8 Å². The molecular formula is C11H15NO3. The summed E-state index contributed by atoms with van der Waals surface area (Å²) in [6.07, 6.45) is -0.975. The Morgan fingerprint density at radius 2 is 1.87 bits per heavy atom. The summed E-state index contributed by atoms with van der Waals surface area (Å²) in [6.45, 7) is 3.00. The van der Waals surface area contributed by atoms with Gasteiger partial charge in [0.2, 0.25) is 0 Å². The van der Waals surface area contributed by atoms with Crippen LogP contribution in [0.2, 0.25) is 0 Å². The van der Waals surface area contributed by atoms with Crippen molar-refractivity contribution in [3.63, 3.8) is 0 Å². The Balaban J connectivity index is 2.72. The van der Waals surface area contributed by atoms with Gasteiger partial charge in [0.15, 0.2) is 0 Å². The second-order valence-electron chi connectivity index (χ2n) is 3.89. The quantitative estimate of drug-likeness (QED) is 0.650. The van der Waals surface area contributed by atoms with Crippen molar-refractivity contribution in [2.45, 2.75) is 25.6 Å². The van der Waals surface area contributed by atoms with E-state index in [4.69, 9.17) is 5.11 Å². The van der Waals surface area contributed by atoms with Gasteiger partial charge in [-0.15, -0.1) is 0 Å². The van der Waals surface area contributed by atoms with Gasteiger partial charge >= 0.3 is 5.97 Å². The number of rotatable bonds is 4. The van der Waals surface area contributed by atoms with Crippen LogP contribution in [-0.2, 0) is 4.79 Å². The van der Waals surface area contributed by atoms with Crippen molar-refractivity contribution in [1.29, 1.82) is 0 Å². The van der Waals surface area contributed by atoms with Crippen LogP contribution in [-0.4, -0.2) is 21.7 Å². The number of carboxylic acid groups (broad SMARTS) is 1. The molecule has 0 saturated carbocycles. The van der Waals surface area contributed by atoms with Crippen LogP contribution < -0.4 is 5.32 Å². The van der Waals surface area contributed by atoms with Gasteiger partial charge in [-0.25, -0.2) is 0 Å².